The molecule has 1 fully saturated rings. The van der Waals surface area contributed by atoms with E-state index in [0.717, 1.165) is 26.2 Å². The number of methoxy groups -OCH3 is 1. The number of nitrogens with zero attached hydrogens (tertiary/aromatic N) is 1. The Morgan fingerprint density at radius 2 is 2.11 bits per heavy atom. The smallest absolute Gasteiger partial charge is 0.0468 e. The highest BCUT2D eigenvalue weighted by Gasteiger charge is 2.41. The van der Waals surface area contributed by atoms with E-state index >= 15 is 0 Å². The Morgan fingerprint density at radius 1 is 1.37 bits per heavy atom. The van der Waals surface area contributed by atoms with Crippen LogP contribution in [0.4, 0.5) is 0 Å². The fraction of sp³-hybridized carbons (Fsp3) is 0.750. The van der Waals surface area contributed by atoms with Gasteiger partial charge in [-0.3, -0.25) is 0 Å². The minimum atomic E-state index is 0.534. The van der Waals surface area contributed by atoms with Gasteiger partial charge >= 0.3 is 0 Å². The van der Waals surface area contributed by atoms with E-state index in [2.05, 4.69) is 36.7 Å². The number of ether oxygens (including phenoxy) is 1. The summed E-state index contributed by atoms with van der Waals surface area (Å²) >= 11 is 0. The zero-order chi connectivity index (χ0) is 13.9. The molecule has 1 heterocycles. The van der Waals surface area contributed by atoms with Crippen LogP contribution in [0.1, 0.15) is 43.1 Å². The van der Waals surface area contributed by atoms with E-state index in [0.29, 0.717) is 5.41 Å². The summed E-state index contributed by atoms with van der Waals surface area (Å²) in [5.41, 5.74) is 4.76. The average Bonchev–Trinajstić information content (AvgIpc) is 3.10. The van der Waals surface area contributed by atoms with Gasteiger partial charge in [-0.25, -0.2) is 0 Å². The lowest BCUT2D eigenvalue weighted by Crippen LogP contribution is -2.24. The van der Waals surface area contributed by atoms with Gasteiger partial charge in [-0.2, -0.15) is 0 Å². The van der Waals surface area contributed by atoms with Crippen molar-refractivity contribution in [1.82, 2.24) is 9.88 Å². The third-order valence-electron chi connectivity index (χ3n) is 4.60. The fourth-order valence-corrected chi connectivity index (χ4v) is 3.01. The van der Waals surface area contributed by atoms with Gasteiger partial charge in [0.1, 0.15) is 0 Å². The van der Waals surface area contributed by atoms with Crippen molar-refractivity contribution in [2.24, 2.45) is 5.41 Å². The van der Waals surface area contributed by atoms with Gasteiger partial charge in [-0.1, -0.05) is 0 Å². The summed E-state index contributed by atoms with van der Waals surface area (Å²) in [6.45, 7) is 10.7. The van der Waals surface area contributed by atoms with Gasteiger partial charge in [-0.15, -0.1) is 0 Å². The molecule has 1 aromatic rings. The molecule has 2 rings (SSSR count). The maximum Gasteiger partial charge on any atom is 0.0468 e. The van der Waals surface area contributed by atoms with Crippen molar-refractivity contribution in [1.29, 1.82) is 0 Å². The quantitative estimate of drug-likeness (QED) is 0.781. The van der Waals surface area contributed by atoms with Crippen LogP contribution in [0.3, 0.4) is 0 Å². The van der Waals surface area contributed by atoms with Crippen molar-refractivity contribution < 1.29 is 4.74 Å². The molecule has 0 atom stereocenters. The molecule has 3 nitrogen and oxygen atoms in total. The van der Waals surface area contributed by atoms with E-state index in [9.17, 15) is 0 Å². The van der Waals surface area contributed by atoms with Crippen LogP contribution < -0.4 is 5.32 Å². The summed E-state index contributed by atoms with van der Waals surface area (Å²) in [5, 5.41) is 3.65. The van der Waals surface area contributed by atoms with Gasteiger partial charge in [0, 0.05) is 44.7 Å². The van der Waals surface area contributed by atoms with E-state index in [1.165, 1.54) is 36.2 Å². The molecular weight excluding hydrogens is 236 g/mol. The number of aryl methyl sites for hydroxylation is 1. The summed E-state index contributed by atoms with van der Waals surface area (Å²) in [7, 11) is 1.79. The second-order valence-electron chi connectivity index (χ2n) is 5.99. The molecule has 3 heteroatoms. The van der Waals surface area contributed by atoms with Crippen LogP contribution >= 0.6 is 0 Å². The minimum absolute atomic E-state index is 0.534. The van der Waals surface area contributed by atoms with Crippen molar-refractivity contribution in [2.45, 2.75) is 53.1 Å². The molecule has 19 heavy (non-hydrogen) atoms. The third kappa shape index (κ3) is 3.40. The molecule has 0 spiro atoms. The maximum absolute atomic E-state index is 5.20. The molecule has 0 bridgehead atoms. The molecule has 0 unspecified atom stereocenters. The minimum Gasteiger partial charge on any atom is -0.385 e. The summed E-state index contributed by atoms with van der Waals surface area (Å²) in [6.07, 6.45) is 3.92. The fourth-order valence-electron chi connectivity index (χ4n) is 3.01. The van der Waals surface area contributed by atoms with Gasteiger partial charge in [0.2, 0.25) is 0 Å². The first-order valence-corrected chi connectivity index (χ1v) is 7.47. The monoisotopic (exact) mass is 264 g/mol. The predicted molar refractivity (Wildman–Crippen MR) is 79.4 cm³/mol. The molecule has 0 aliphatic heterocycles. The molecule has 0 amide bonds. The molecule has 0 radical (unpaired) electrons. The number of rotatable bonds is 8. The van der Waals surface area contributed by atoms with Gasteiger partial charge < -0.3 is 14.6 Å². The zero-order valence-electron chi connectivity index (χ0n) is 12.9. The van der Waals surface area contributed by atoms with E-state index in [4.69, 9.17) is 4.74 Å². The molecular formula is C16H28N2O. The van der Waals surface area contributed by atoms with Gasteiger partial charge in [0.25, 0.3) is 0 Å². The number of nitrogens with one attached hydrogen (secondary N) is 1. The van der Waals surface area contributed by atoms with Crippen molar-refractivity contribution in [3.05, 3.63) is 23.0 Å². The Kier molecular flexibility index (Phi) is 4.69. The highest BCUT2D eigenvalue weighted by atomic mass is 16.5. The van der Waals surface area contributed by atoms with Gasteiger partial charge in [-0.05, 0) is 57.1 Å². The van der Waals surface area contributed by atoms with Crippen LogP contribution in [0.25, 0.3) is 0 Å². The SMILES string of the molecule is CCn1c(C)cc(CNCC2(CCOC)CC2)c1C. The summed E-state index contributed by atoms with van der Waals surface area (Å²) in [6, 6.07) is 2.32. The topological polar surface area (TPSA) is 26.2 Å². The summed E-state index contributed by atoms with van der Waals surface area (Å²) in [5.74, 6) is 0. The maximum atomic E-state index is 5.20. The Hall–Kier alpha value is -0.800. The average molecular weight is 264 g/mol. The lowest BCUT2D eigenvalue weighted by Gasteiger charge is -2.15. The number of aromatic nitrogens is 1. The van der Waals surface area contributed by atoms with Crippen LogP contribution in [0.5, 0.6) is 0 Å². The molecule has 1 saturated carbocycles. The normalized spacial score (nSPS) is 16.8. The summed E-state index contributed by atoms with van der Waals surface area (Å²) < 4.78 is 7.59. The van der Waals surface area contributed by atoms with Crippen molar-refractivity contribution in [3.8, 4) is 0 Å². The van der Waals surface area contributed by atoms with Crippen molar-refractivity contribution in [3.63, 3.8) is 0 Å². The second kappa shape index (κ2) is 6.10. The molecule has 0 saturated heterocycles. The predicted octanol–water partition coefficient (Wildman–Crippen LogP) is 3.03. The zero-order valence-corrected chi connectivity index (χ0v) is 12.9. The molecule has 1 aliphatic rings. The van der Waals surface area contributed by atoms with Crippen LogP contribution in [-0.2, 0) is 17.8 Å². The molecule has 1 aromatic heterocycles. The van der Waals surface area contributed by atoms with Crippen LogP contribution in [0.15, 0.2) is 6.07 Å². The van der Waals surface area contributed by atoms with Crippen LogP contribution in [0.2, 0.25) is 0 Å². The highest BCUT2D eigenvalue weighted by molar-refractivity contribution is 5.26. The molecule has 1 N–H and O–H groups in total. The van der Waals surface area contributed by atoms with E-state index < -0.39 is 0 Å². The van der Waals surface area contributed by atoms with Crippen molar-refractivity contribution >= 4 is 0 Å². The van der Waals surface area contributed by atoms with Crippen molar-refractivity contribution in [2.75, 3.05) is 20.3 Å². The molecule has 108 valence electrons. The number of hydrogen-bond donors (Lipinski definition) is 1. The number of hydrogen-bond acceptors (Lipinski definition) is 2. The highest BCUT2D eigenvalue weighted by Crippen LogP contribution is 2.48. The lowest BCUT2D eigenvalue weighted by molar-refractivity contribution is 0.171. The second-order valence-corrected chi connectivity index (χ2v) is 5.99. The van der Waals surface area contributed by atoms with E-state index in [1.54, 1.807) is 7.11 Å². The Labute approximate surface area is 117 Å². The van der Waals surface area contributed by atoms with Crippen LogP contribution in [0, 0.1) is 19.3 Å². The lowest BCUT2D eigenvalue weighted by atomic mass is 10.0. The standard InChI is InChI=1S/C16H28N2O/c1-5-18-13(2)10-15(14(18)3)11-17-12-16(6-7-16)8-9-19-4/h10,17H,5-9,11-12H2,1-4H3. The van der Waals surface area contributed by atoms with Gasteiger partial charge in [0.15, 0.2) is 0 Å². The first-order chi connectivity index (χ1) is 9.12. The summed E-state index contributed by atoms with van der Waals surface area (Å²) in [4.78, 5) is 0. The van der Waals surface area contributed by atoms with E-state index in [-0.39, 0.29) is 0 Å². The first-order valence-electron chi connectivity index (χ1n) is 7.47. The van der Waals surface area contributed by atoms with Crippen LogP contribution in [-0.4, -0.2) is 24.8 Å². The van der Waals surface area contributed by atoms with Gasteiger partial charge in [0.05, 0.1) is 0 Å². The Bertz CT molecular complexity index is 419. The Morgan fingerprint density at radius 3 is 2.63 bits per heavy atom. The molecule has 0 aromatic carbocycles. The molecule has 1 aliphatic carbocycles. The Balaban J connectivity index is 1.83. The first kappa shape index (κ1) is 14.6. The third-order valence-corrected chi connectivity index (χ3v) is 4.60. The largest absolute Gasteiger partial charge is 0.385 e. The van der Waals surface area contributed by atoms with E-state index in [1.807, 2.05) is 0 Å².